The lowest BCUT2D eigenvalue weighted by Gasteiger charge is -2.20. The monoisotopic (exact) mass is 392 g/mol. The second kappa shape index (κ2) is 8.45. The molecule has 1 aliphatic rings. The van der Waals surface area contributed by atoms with Crippen molar-refractivity contribution in [1.82, 2.24) is 15.3 Å². The Morgan fingerprint density at radius 3 is 2.69 bits per heavy atom. The van der Waals surface area contributed by atoms with Crippen LogP contribution in [0.4, 0.5) is 5.95 Å². The van der Waals surface area contributed by atoms with Crippen LogP contribution in [-0.4, -0.2) is 35.9 Å². The van der Waals surface area contributed by atoms with E-state index in [0.29, 0.717) is 12.6 Å². The number of benzene rings is 2. The Morgan fingerprint density at radius 2 is 1.97 bits per heavy atom. The Hall–Kier alpha value is -3.19. The summed E-state index contributed by atoms with van der Waals surface area (Å²) >= 11 is 0. The fraction of sp³-hybridized carbons (Fsp3) is 0.318. The Balaban J connectivity index is 1.42. The molecule has 1 unspecified atom stereocenters. The predicted molar refractivity (Wildman–Crippen MR) is 114 cm³/mol. The fourth-order valence-electron chi connectivity index (χ4n) is 3.44. The molecule has 1 aliphatic heterocycles. The number of hydrogen-bond acceptors (Lipinski definition) is 5. The van der Waals surface area contributed by atoms with Gasteiger partial charge in [0, 0.05) is 10.9 Å². The van der Waals surface area contributed by atoms with Crippen LogP contribution in [0.2, 0.25) is 0 Å². The number of anilines is 1. The van der Waals surface area contributed by atoms with E-state index in [1.54, 1.807) is 0 Å². The van der Waals surface area contributed by atoms with Gasteiger partial charge in [-0.25, -0.2) is 20.6 Å². The van der Waals surface area contributed by atoms with Crippen molar-refractivity contribution in [3.05, 3.63) is 59.3 Å². The van der Waals surface area contributed by atoms with Crippen LogP contribution >= 0.6 is 0 Å². The molecule has 4 rings (SSSR count). The van der Waals surface area contributed by atoms with Gasteiger partial charge in [0.05, 0.1) is 17.8 Å². The number of ether oxygens (including phenoxy) is 1. The Morgan fingerprint density at radius 1 is 1.14 bits per heavy atom. The van der Waals surface area contributed by atoms with Crippen LogP contribution in [0.25, 0.3) is 10.9 Å². The molecule has 0 fully saturated rings. The van der Waals surface area contributed by atoms with E-state index in [9.17, 15) is 0 Å². The first-order valence-corrected chi connectivity index (χ1v) is 10.0. The summed E-state index contributed by atoms with van der Waals surface area (Å²) in [6, 6.07) is 14.6. The van der Waals surface area contributed by atoms with Crippen LogP contribution in [0.1, 0.15) is 23.7 Å². The Bertz CT molecular complexity index is 1030. The van der Waals surface area contributed by atoms with Crippen LogP contribution < -0.4 is 25.3 Å². The smallest absolute Gasteiger partial charge is 0.359 e. The number of nitrogens with one attached hydrogen (secondary N) is 4. The van der Waals surface area contributed by atoms with E-state index < -0.39 is 0 Å². The zero-order valence-electron chi connectivity index (χ0n) is 17.2. The first-order chi connectivity index (χ1) is 14.1. The van der Waals surface area contributed by atoms with Crippen LogP contribution in [0, 0.1) is 13.8 Å². The first kappa shape index (κ1) is 19.1. The van der Waals surface area contributed by atoms with Crippen molar-refractivity contribution in [2.45, 2.75) is 27.3 Å². The van der Waals surface area contributed by atoms with E-state index in [2.05, 4.69) is 56.8 Å². The average Bonchev–Trinajstić information content (AvgIpc) is 2.72. The largest absolute Gasteiger partial charge is 0.494 e. The summed E-state index contributed by atoms with van der Waals surface area (Å²) in [6.07, 6.45) is 0. The summed E-state index contributed by atoms with van der Waals surface area (Å²) in [6.45, 7) is 9.35. The number of nitrogens with zero attached hydrogens (tertiary/aromatic N) is 2. The molecule has 0 bridgehead atoms. The summed E-state index contributed by atoms with van der Waals surface area (Å²) in [4.78, 5) is 14.1. The summed E-state index contributed by atoms with van der Waals surface area (Å²) < 4.78 is 5.58. The summed E-state index contributed by atoms with van der Waals surface area (Å²) in [7, 11) is 0. The van der Waals surface area contributed by atoms with Crippen molar-refractivity contribution in [2.24, 2.45) is 0 Å². The van der Waals surface area contributed by atoms with Crippen molar-refractivity contribution < 1.29 is 14.6 Å². The fourth-order valence-corrected chi connectivity index (χ4v) is 3.44. The number of rotatable bonds is 5. The molecule has 1 aromatic heterocycles. The van der Waals surface area contributed by atoms with Gasteiger partial charge < -0.3 is 4.74 Å². The standard InChI is InChI=1S/C22H26N6O/c1-4-29-18-9-10-20-19(11-18)16(3)25-22(26-20)27-21-23-13-28(14-24-21)12-17-7-5-15(2)6-8-17/h5-11H,4,12-14H2,1-3H3,(H2,23,24,25,26,27)/p+2. The topological polar surface area (TPSA) is 77.5 Å². The van der Waals surface area contributed by atoms with Crippen molar-refractivity contribution in [3.8, 4) is 5.75 Å². The highest BCUT2D eigenvalue weighted by Crippen LogP contribution is 2.22. The number of quaternary nitrogens is 1. The third-order valence-electron chi connectivity index (χ3n) is 5.01. The molecule has 4 N–H and O–H groups in total. The molecule has 0 spiro atoms. The van der Waals surface area contributed by atoms with Gasteiger partial charge in [0.25, 0.3) is 5.95 Å². The van der Waals surface area contributed by atoms with Gasteiger partial charge in [-0.3, -0.25) is 4.90 Å². The third kappa shape index (κ3) is 4.63. The minimum Gasteiger partial charge on any atom is -0.494 e. The molecular formula is C22H28N6O+2. The highest BCUT2D eigenvalue weighted by atomic mass is 16.5. The molecule has 0 saturated carbocycles. The normalized spacial score (nSPS) is 16.2. The molecule has 0 aliphatic carbocycles. The van der Waals surface area contributed by atoms with Gasteiger partial charge in [-0.1, -0.05) is 29.8 Å². The van der Waals surface area contributed by atoms with E-state index >= 15 is 0 Å². The van der Waals surface area contributed by atoms with E-state index in [1.807, 2.05) is 32.0 Å². The maximum Gasteiger partial charge on any atom is 0.359 e. The summed E-state index contributed by atoms with van der Waals surface area (Å²) in [5, 5.41) is 7.68. The van der Waals surface area contributed by atoms with Gasteiger partial charge in [-0.05, 0) is 39.0 Å². The molecule has 1 atom stereocenters. The van der Waals surface area contributed by atoms with Crippen molar-refractivity contribution in [2.75, 3.05) is 25.3 Å². The van der Waals surface area contributed by atoms with E-state index in [0.717, 1.165) is 48.2 Å². The lowest BCUT2D eigenvalue weighted by atomic mass is 10.1. The number of guanidine groups is 1. The van der Waals surface area contributed by atoms with Crippen LogP contribution in [0.5, 0.6) is 5.75 Å². The SMILES string of the molecule is CCOc1ccc2nc(NC3=[NH+]C[NH+](Cc4ccc(C)cc4)CN3)nc(C)c2c1. The first-order valence-electron chi connectivity index (χ1n) is 10.0. The van der Waals surface area contributed by atoms with Gasteiger partial charge in [-0.15, -0.1) is 0 Å². The second-order valence-corrected chi connectivity index (χ2v) is 7.36. The maximum atomic E-state index is 5.58. The quantitative estimate of drug-likeness (QED) is 0.495. The number of aryl methyl sites for hydroxylation is 2. The molecule has 2 aromatic carbocycles. The van der Waals surface area contributed by atoms with Crippen LogP contribution in [0.3, 0.4) is 0 Å². The highest BCUT2D eigenvalue weighted by molar-refractivity contribution is 5.89. The highest BCUT2D eigenvalue weighted by Gasteiger charge is 2.21. The van der Waals surface area contributed by atoms with E-state index in [-0.39, 0.29) is 0 Å². The molecule has 3 aromatic rings. The predicted octanol–water partition coefficient (Wildman–Crippen LogP) is 0.0971. The zero-order chi connectivity index (χ0) is 20.2. The summed E-state index contributed by atoms with van der Waals surface area (Å²) in [5.41, 5.74) is 4.44. The number of aromatic nitrogens is 2. The van der Waals surface area contributed by atoms with Gasteiger partial charge in [0.1, 0.15) is 12.3 Å². The molecule has 7 heteroatoms. The minimum absolute atomic E-state index is 0.580. The maximum absolute atomic E-state index is 5.58. The molecule has 150 valence electrons. The minimum atomic E-state index is 0.580. The molecule has 0 saturated heterocycles. The molecule has 29 heavy (non-hydrogen) atoms. The zero-order valence-corrected chi connectivity index (χ0v) is 17.2. The van der Waals surface area contributed by atoms with Gasteiger partial charge in [0.2, 0.25) is 0 Å². The van der Waals surface area contributed by atoms with E-state index in [4.69, 9.17) is 4.74 Å². The van der Waals surface area contributed by atoms with E-state index in [1.165, 1.54) is 16.0 Å². The molecule has 0 radical (unpaired) electrons. The third-order valence-corrected chi connectivity index (χ3v) is 5.01. The lowest BCUT2D eigenvalue weighted by Crippen LogP contribution is -3.23. The lowest BCUT2D eigenvalue weighted by molar-refractivity contribution is -0.991. The van der Waals surface area contributed by atoms with Gasteiger partial charge >= 0.3 is 5.96 Å². The van der Waals surface area contributed by atoms with Gasteiger partial charge in [-0.2, -0.15) is 4.98 Å². The van der Waals surface area contributed by atoms with Crippen molar-refractivity contribution >= 4 is 22.8 Å². The van der Waals surface area contributed by atoms with Crippen molar-refractivity contribution in [1.29, 1.82) is 0 Å². The van der Waals surface area contributed by atoms with Crippen LogP contribution in [-0.2, 0) is 6.54 Å². The average molecular weight is 393 g/mol. The molecule has 0 amide bonds. The Labute approximate surface area is 170 Å². The molecule has 7 nitrogen and oxygen atoms in total. The Kier molecular flexibility index (Phi) is 5.57. The van der Waals surface area contributed by atoms with Crippen LogP contribution in [0.15, 0.2) is 42.5 Å². The van der Waals surface area contributed by atoms with Gasteiger partial charge in [0.15, 0.2) is 13.3 Å². The van der Waals surface area contributed by atoms with Crippen molar-refractivity contribution in [3.63, 3.8) is 0 Å². The molecule has 2 heterocycles. The second-order valence-electron chi connectivity index (χ2n) is 7.36. The summed E-state index contributed by atoms with van der Waals surface area (Å²) in [5.74, 6) is 2.26. The molecular weight excluding hydrogens is 364 g/mol. The number of hydrogen-bond donors (Lipinski definition) is 4. The number of fused-ring (bicyclic) bond motifs is 1.